The molecule has 0 radical (unpaired) electrons. The molecule has 1 heterocycles. The lowest BCUT2D eigenvalue weighted by atomic mass is 9.97. The molecule has 2 aromatic carbocycles. The molecule has 1 amide bonds. The Morgan fingerprint density at radius 2 is 1.65 bits per heavy atom. The summed E-state index contributed by atoms with van der Waals surface area (Å²) in [5, 5.41) is 2.96. The van der Waals surface area contributed by atoms with Gasteiger partial charge in [-0.05, 0) is 37.0 Å². The van der Waals surface area contributed by atoms with Crippen LogP contribution in [-0.4, -0.2) is 31.7 Å². The van der Waals surface area contributed by atoms with Gasteiger partial charge >= 0.3 is 0 Å². The molecule has 1 aliphatic rings. The Balaban J connectivity index is 1.57. The first kappa shape index (κ1) is 18.6. The van der Waals surface area contributed by atoms with E-state index in [-0.39, 0.29) is 11.8 Å². The van der Waals surface area contributed by atoms with Crippen molar-refractivity contribution in [1.82, 2.24) is 9.62 Å². The van der Waals surface area contributed by atoms with Crippen LogP contribution < -0.4 is 5.32 Å². The quantitative estimate of drug-likeness (QED) is 0.878. The van der Waals surface area contributed by atoms with Crippen LogP contribution in [0.4, 0.5) is 0 Å². The molecule has 2 aromatic rings. The van der Waals surface area contributed by atoms with Gasteiger partial charge in [0.1, 0.15) is 0 Å². The van der Waals surface area contributed by atoms with E-state index in [4.69, 9.17) is 0 Å². The van der Waals surface area contributed by atoms with Crippen molar-refractivity contribution in [3.05, 3.63) is 65.7 Å². The van der Waals surface area contributed by atoms with Crippen LogP contribution in [0.1, 0.15) is 24.0 Å². The van der Waals surface area contributed by atoms with Crippen LogP contribution >= 0.6 is 0 Å². The molecule has 0 aromatic heterocycles. The Hall–Kier alpha value is -2.18. The Bertz CT molecular complexity index is 858. The monoisotopic (exact) mass is 372 g/mol. The van der Waals surface area contributed by atoms with Gasteiger partial charge in [0.05, 0.1) is 4.90 Å². The first-order valence-electron chi connectivity index (χ1n) is 8.86. The molecule has 0 saturated carbocycles. The lowest BCUT2D eigenvalue weighted by Gasteiger charge is -2.31. The maximum absolute atomic E-state index is 12.8. The number of piperidine rings is 1. The van der Waals surface area contributed by atoms with E-state index in [1.165, 1.54) is 4.31 Å². The molecule has 0 spiro atoms. The van der Waals surface area contributed by atoms with Crippen LogP contribution in [0.15, 0.2) is 59.5 Å². The fourth-order valence-electron chi connectivity index (χ4n) is 3.27. The second kappa shape index (κ2) is 8.01. The van der Waals surface area contributed by atoms with Gasteiger partial charge in [0, 0.05) is 25.6 Å². The molecule has 1 aliphatic heterocycles. The fourth-order valence-corrected chi connectivity index (χ4v) is 4.97. The van der Waals surface area contributed by atoms with Crippen LogP contribution in [0.2, 0.25) is 0 Å². The summed E-state index contributed by atoms with van der Waals surface area (Å²) >= 11 is 0. The number of benzene rings is 2. The number of nitrogens with zero attached hydrogens (tertiary/aromatic N) is 1. The fraction of sp³-hybridized carbons (Fsp3) is 0.350. The topological polar surface area (TPSA) is 66.5 Å². The van der Waals surface area contributed by atoms with E-state index in [0.29, 0.717) is 37.4 Å². The van der Waals surface area contributed by atoms with E-state index >= 15 is 0 Å². The summed E-state index contributed by atoms with van der Waals surface area (Å²) in [5.74, 6) is -0.135. The smallest absolute Gasteiger partial charge is 0.243 e. The third kappa shape index (κ3) is 4.14. The number of rotatable bonds is 5. The highest BCUT2D eigenvalue weighted by atomic mass is 32.2. The van der Waals surface area contributed by atoms with Crippen LogP contribution in [0.25, 0.3) is 0 Å². The van der Waals surface area contributed by atoms with Crippen molar-refractivity contribution in [2.24, 2.45) is 5.92 Å². The van der Waals surface area contributed by atoms with Crippen molar-refractivity contribution in [1.29, 1.82) is 0 Å². The Kier molecular flexibility index (Phi) is 5.74. The molecule has 1 fully saturated rings. The average Bonchev–Trinajstić information content (AvgIpc) is 2.67. The van der Waals surface area contributed by atoms with Gasteiger partial charge in [0.2, 0.25) is 15.9 Å². The second-order valence-corrected chi connectivity index (χ2v) is 8.55. The van der Waals surface area contributed by atoms with Crippen LogP contribution in [0, 0.1) is 12.8 Å². The maximum Gasteiger partial charge on any atom is 0.243 e. The molecule has 0 aliphatic carbocycles. The van der Waals surface area contributed by atoms with Gasteiger partial charge in [-0.25, -0.2) is 8.42 Å². The third-order valence-corrected chi connectivity index (χ3v) is 6.90. The van der Waals surface area contributed by atoms with Crippen molar-refractivity contribution in [3.8, 4) is 0 Å². The Labute approximate surface area is 155 Å². The molecule has 3 rings (SSSR count). The van der Waals surface area contributed by atoms with E-state index in [9.17, 15) is 13.2 Å². The molecule has 1 N–H and O–H groups in total. The van der Waals surface area contributed by atoms with E-state index in [1.807, 2.05) is 36.4 Å². The minimum atomic E-state index is -3.50. The molecule has 1 saturated heterocycles. The first-order valence-corrected chi connectivity index (χ1v) is 10.3. The molecule has 6 heteroatoms. The molecule has 5 nitrogen and oxygen atoms in total. The van der Waals surface area contributed by atoms with Crippen molar-refractivity contribution < 1.29 is 13.2 Å². The second-order valence-electron chi connectivity index (χ2n) is 6.65. The lowest BCUT2D eigenvalue weighted by molar-refractivity contribution is -0.126. The SMILES string of the molecule is Cc1ccccc1S(=O)(=O)N1CCC(C(=O)NCc2ccccc2)CC1. The summed E-state index contributed by atoms with van der Waals surface area (Å²) < 4.78 is 27.1. The van der Waals surface area contributed by atoms with Crippen LogP contribution in [0.5, 0.6) is 0 Å². The van der Waals surface area contributed by atoms with E-state index in [2.05, 4.69) is 5.32 Å². The Morgan fingerprint density at radius 1 is 1.04 bits per heavy atom. The van der Waals surface area contributed by atoms with Gasteiger partial charge in [0.25, 0.3) is 0 Å². The summed E-state index contributed by atoms with van der Waals surface area (Å²) in [6.45, 7) is 3.05. The normalized spacial score (nSPS) is 16.3. The maximum atomic E-state index is 12.8. The van der Waals surface area contributed by atoms with E-state index < -0.39 is 10.0 Å². The number of carbonyl (C=O) groups excluding carboxylic acids is 1. The number of nitrogens with one attached hydrogen (secondary N) is 1. The third-order valence-electron chi connectivity index (χ3n) is 4.85. The molecule has 0 atom stereocenters. The zero-order valence-corrected chi connectivity index (χ0v) is 15.7. The molecule has 0 unspecified atom stereocenters. The predicted molar refractivity (Wildman–Crippen MR) is 101 cm³/mol. The number of aryl methyl sites for hydroxylation is 1. The highest BCUT2D eigenvalue weighted by Gasteiger charge is 2.32. The van der Waals surface area contributed by atoms with E-state index in [0.717, 1.165) is 11.1 Å². The molecule has 138 valence electrons. The predicted octanol–water partition coefficient (Wildman–Crippen LogP) is 2.71. The average molecular weight is 372 g/mol. The summed E-state index contributed by atoms with van der Waals surface area (Å²) in [5.41, 5.74) is 1.80. The van der Waals surface area contributed by atoms with Crippen molar-refractivity contribution in [2.75, 3.05) is 13.1 Å². The molecular formula is C20H24N2O3S. The van der Waals surface area contributed by atoms with Gasteiger partial charge in [-0.2, -0.15) is 4.31 Å². The molecule has 0 bridgehead atoms. The van der Waals surface area contributed by atoms with E-state index in [1.54, 1.807) is 25.1 Å². The zero-order valence-electron chi connectivity index (χ0n) is 14.9. The number of hydrogen-bond donors (Lipinski definition) is 1. The van der Waals surface area contributed by atoms with Gasteiger partial charge < -0.3 is 5.32 Å². The number of sulfonamides is 1. The van der Waals surface area contributed by atoms with Gasteiger partial charge in [-0.3, -0.25) is 4.79 Å². The summed E-state index contributed by atoms with van der Waals surface area (Å²) in [6, 6.07) is 16.8. The Morgan fingerprint density at radius 3 is 2.31 bits per heavy atom. The van der Waals surface area contributed by atoms with Gasteiger partial charge in [0.15, 0.2) is 0 Å². The lowest BCUT2D eigenvalue weighted by Crippen LogP contribution is -2.43. The number of hydrogen-bond acceptors (Lipinski definition) is 3. The van der Waals surface area contributed by atoms with Gasteiger partial charge in [-0.1, -0.05) is 48.5 Å². The minimum Gasteiger partial charge on any atom is -0.352 e. The summed E-state index contributed by atoms with van der Waals surface area (Å²) in [4.78, 5) is 12.7. The number of carbonyl (C=O) groups is 1. The summed E-state index contributed by atoms with van der Waals surface area (Å²) in [7, 11) is -3.50. The largest absolute Gasteiger partial charge is 0.352 e. The summed E-state index contributed by atoms with van der Waals surface area (Å²) in [6.07, 6.45) is 1.09. The molecule has 26 heavy (non-hydrogen) atoms. The standard InChI is InChI=1S/C20H24N2O3S/c1-16-7-5-6-10-19(16)26(24,25)22-13-11-18(12-14-22)20(23)21-15-17-8-3-2-4-9-17/h2-10,18H,11-15H2,1H3,(H,21,23). The van der Waals surface area contributed by atoms with Gasteiger partial charge in [-0.15, -0.1) is 0 Å². The van der Waals surface area contributed by atoms with Crippen LogP contribution in [-0.2, 0) is 21.4 Å². The highest BCUT2D eigenvalue weighted by molar-refractivity contribution is 7.89. The van der Waals surface area contributed by atoms with Crippen molar-refractivity contribution in [2.45, 2.75) is 31.2 Å². The first-order chi connectivity index (χ1) is 12.5. The highest BCUT2D eigenvalue weighted by Crippen LogP contribution is 2.25. The van der Waals surface area contributed by atoms with Crippen molar-refractivity contribution in [3.63, 3.8) is 0 Å². The minimum absolute atomic E-state index is 0.00166. The molecular weight excluding hydrogens is 348 g/mol. The zero-order chi connectivity index (χ0) is 18.6. The van der Waals surface area contributed by atoms with Crippen LogP contribution in [0.3, 0.4) is 0 Å². The number of amides is 1. The van der Waals surface area contributed by atoms with Crippen molar-refractivity contribution >= 4 is 15.9 Å².